The van der Waals surface area contributed by atoms with Gasteiger partial charge in [-0.25, -0.2) is 14.5 Å². The molecule has 1 aliphatic heterocycles. The van der Waals surface area contributed by atoms with E-state index in [2.05, 4.69) is 5.10 Å². The zero-order valence-corrected chi connectivity index (χ0v) is 18.0. The molecule has 3 aromatic heterocycles. The highest BCUT2D eigenvalue weighted by Gasteiger charge is 2.23. The van der Waals surface area contributed by atoms with Crippen molar-refractivity contribution in [1.29, 1.82) is 0 Å². The number of thiophene rings is 1. The van der Waals surface area contributed by atoms with Gasteiger partial charge in [0, 0.05) is 25.4 Å². The molecule has 5 rings (SSSR count). The van der Waals surface area contributed by atoms with E-state index < -0.39 is 5.97 Å². The Hall–Kier alpha value is -3.26. The largest absolute Gasteiger partial charge is 0.457 e. The van der Waals surface area contributed by atoms with Crippen molar-refractivity contribution < 1.29 is 9.53 Å². The molecule has 0 unspecified atom stereocenters. The van der Waals surface area contributed by atoms with Gasteiger partial charge in [-0.2, -0.15) is 5.10 Å². The average Bonchev–Trinajstić information content (AvgIpc) is 3.35. The summed E-state index contributed by atoms with van der Waals surface area (Å²) in [5.41, 5.74) is 2.44. The first-order valence-electron chi connectivity index (χ1n) is 10.4. The molecule has 4 aromatic rings. The Balaban J connectivity index is 1.37. The smallest absolute Gasteiger partial charge is 0.349 e. The molecule has 1 aromatic carbocycles. The lowest BCUT2D eigenvalue weighted by atomic mass is 10.2. The molecule has 0 bridgehead atoms. The van der Waals surface area contributed by atoms with Crippen LogP contribution in [0.4, 0.5) is 0 Å². The van der Waals surface area contributed by atoms with Crippen LogP contribution in [0.15, 0.2) is 47.5 Å². The molecule has 158 valence electrons. The van der Waals surface area contributed by atoms with Gasteiger partial charge in [0.25, 0.3) is 5.56 Å². The lowest BCUT2D eigenvalue weighted by Gasteiger charge is -2.08. The molecule has 0 amide bonds. The molecular formula is C23H22N4O3S. The minimum atomic E-state index is -0.420. The molecule has 31 heavy (non-hydrogen) atoms. The number of esters is 1. The maximum absolute atomic E-state index is 13.1. The van der Waals surface area contributed by atoms with E-state index in [9.17, 15) is 9.59 Å². The first-order chi connectivity index (χ1) is 15.1. The molecule has 0 saturated carbocycles. The Morgan fingerprint density at radius 2 is 2.03 bits per heavy atom. The van der Waals surface area contributed by atoms with Crippen LogP contribution in [0.2, 0.25) is 0 Å². The van der Waals surface area contributed by atoms with Gasteiger partial charge in [0.15, 0.2) is 0 Å². The van der Waals surface area contributed by atoms with E-state index in [4.69, 9.17) is 9.72 Å². The van der Waals surface area contributed by atoms with Crippen LogP contribution in [0.25, 0.3) is 15.9 Å². The van der Waals surface area contributed by atoms with E-state index in [1.165, 1.54) is 11.3 Å². The third-order valence-corrected chi connectivity index (χ3v) is 6.84. The van der Waals surface area contributed by atoms with Gasteiger partial charge < -0.3 is 4.74 Å². The van der Waals surface area contributed by atoms with Gasteiger partial charge in [-0.05, 0) is 49.1 Å². The maximum atomic E-state index is 13.1. The van der Waals surface area contributed by atoms with Crippen LogP contribution in [0.3, 0.4) is 0 Å². The van der Waals surface area contributed by atoms with E-state index in [1.54, 1.807) is 22.4 Å². The molecule has 0 spiro atoms. The van der Waals surface area contributed by atoms with Gasteiger partial charge in [0.05, 0.1) is 11.1 Å². The molecule has 1 aliphatic rings. The van der Waals surface area contributed by atoms with Crippen molar-refractivity contribution in [2.45, 2.75) is 45.8 Å². The van der Waals surface area contributed by atoms with Crippen LogP contribution < -0.4 is 5.56 Å². The number of aromatic nitrogens is 4. The van der Waals surface area contributed by atoms with Gasteiger partial charge >= 0.3 is 5.97 Å². The number of nitrogens with zero attached hydrogens (tertiary/aromatic N) is 4. The minimum Gasteiger partial charge on any atom is -0.457 e. The molecular weight excluding hydrogens is 412 g/mol. The Labute approximate surface area is 182 Å². The van der Waals surface area contributed by atoms with Gasteiger partial charge in [-0.15, -0.1) is 11.3 Å². The van der Waals surface area contributed by atoms with Gasteiger partial charge in [-0.1, -0.05) is 18.6 Å². The lowest BCUT2D eigenvalue weighted by molar-refractivity contribution is 0.0478. The molecule has 0 saturated heterocycles. The first-order valence-corrected chi connectivity index (χ1v) is 11.2. The molecule has 8 heteroatoms. The van der Waals surface area contributed by atoms with E-state index >= 15 is 0 Å². The number of benzene rings is 1. The quantitative estimate of drug-likeness (QED) is 0.453. The number of hydrogen-bond acceptors (Lipinski definition) is 6. The van der Waals surface area contributed by atoms with E-state index in [0.29, 0.717) is 27.2 Å². The van der Waals surface area contributed by atoms with Crippen LogP contribution in [0.5, 0.6) is 0 Å². The number of ether oxygens (including phenoxy) is 1. The van der Waals surface area contributed by atoms with E-state index in [1.807, 2.05) is 36.5 Å². The number of fused-ring (bicyclic) bond motifs is 2. The molecule has 0 fully saturated rings. The highest BCUT2D eigenvalue weighted by Crippen LogP contribution is 2.29. The SMILES string of the molecule is Cc1c(C(=O)OCc2ccc(-n3cccn3)cc2)sc2nc3n(c(=O)c12)CCCCC3. The van der Waals surface area contributed by atoms with Crippen LogP contribution in [0.1, 0.15) is 45.9 Å². The summed E-state index contributed by atoms with van der Waals surface area (Å²) < 4.78 is 9.10. The minimum absolute atomic E-state index is 0.0380. The van der Waals surface area contributed by atoms with E-state index in [0.717, 1.165) is 42.8 Å². The van der Waals surface area contributed by atoms with Crippen LogP contribution >= 0.6 is 11.3 Å². The number of carbonyl (C=O) groups excluding carboxylic acids is 1. The van der Waals surface area contributed by atoms with Crippen molar-refractivity contribution >= 4 is 27.5 Å². The molecule has 0 N–H and O–H groups in total. The summed E-state index contributed by atoms with van der Waals surface area (Å²) >= 11 is 1.25. The van der Waals surface area contributed by atoms with Crippen LogP contribution in [-0.2, 0) is 24.3 Å². The fraction of sp³-hybridized carbons (Fsp3) is 0.304. The average molecular weight is 435 g/mol. The summed E-state index contributed by atoms with van der Waals surface area (Å²) in [6, 6.07) is 9.54. The van der Waals surface area contributed by atoms with Crippen molar-refractivity contribution in [3.05, 3.63) is 74.9 Å². The van der Waals surface area contributed by atoms with Gasteiger partial charge in [0.1, 0.15) is 22.1 Å². The van der Waals surface area contributed by atoms with Crippen molar-refractivity contribution in [2.24, 2.45) is 0 Å². The topological polar surface area (TPSA) is 79.0 Å². The van der Waals surface area contributed by atoms with Crippen molar-refractivity contribution in [2.75, 3.05) is 0 Å². The molecule has 7 nitrogen and oxygen atoms in total. The van der Waals surface area contributed by atoms with Crippen LogP contribution in [-0.4, -0.2) is 25.3 Å². The normalized spacial score (nSPS) is 13.7. The van der Waals surface area contributed by atoms with Crippen LogP contribution in [0, 0.1) is 6.92 Å². The Morgan fingerprint density at radius 1 is 1.19 bits per heavy atom. The van der Waals surface area contributed by atoms with Crippen molar-refractivity contribution in [1.82, 2.24) is 19.3 Å². The zero-order chi connectivity index (χ0) is 21.4. The Kier molecular flexibility index (Phi) is 5.15. The molecule has 0 aliphatic carbocycles. The molecule has 0 atom stereocenters. The monoisotopic (exact) mass is 434 g/mol. The Bertz CT molecular complexity index is 1300. The molecule has 0 radical (unpaired) electrons. The fourth-order valence-electron chi connectivity index (χ4n) is 3.99. The second-order valence-corrected chi connectivity index (χ2v) is 8.72. The summed E-state index contributed by atoms with van der Waals surface area (Å²) in [7, 11) is 0. The number of aryl methyl sites for hydroxylation is 2. The number of carbonyl (C=O) groups is 1. The predicted molar refractivity (Wildman–Crippen MR) is 119 cm³/mol. The summed E-state index contributed by atoms with van der Waals surface area (Å²) in [5.74, 6) is 0.407. The summed E-state index contributed by atoms with van der Waals surface area (Å²) in [5, 5.41) is 4.75. The first kappa shape index (κ1) is 19.7. The zero-order valence-electron chi connectivity index (χ0n) is 17.2. The van der Waals surface area contributed by atoms with Crippen molar-refractivity contribution in [3.8, 4) is 5.69 Å². The standard InChI is InChI=1S/C23H22N4O3S/c1-15-19-21(25-18-6-3-2-4-12-26(18)22(19)28)31-20(15)23(29)30-14-16-7-9-17(10-8-16)27-13-5-11-24-27/h5,7-11,13H,2-4,6,12,14H2,1H3. The Morgan fingerprint density at radius 3 is 2.81 bits per heavy atom. The number of rotatable bonds is 4. The summed E-state index contributed by atoms with van der Waals surface area (Å²) in [6.07, 6.45) is 7.53. The summed E-state index contributed by atoms with van der Waals surface area (Å²) in [6.45, 7) is 2.66. The highest BCUT2D eigenvalue weighted by atomic mass is 32.1. The van der Waals surface area contributed by atoms with Crippen molar-refractivity contribution in [3.63, 3.8) is 0 Å². The third-order valence-electron chi connectivity index (χ3n) is 5.67. The second-order valence-electron chi connectivity index (χ2n) is 7.73. The van der Waals surface area contributed by atoms with E-state index in [-0.39, 0.29) is 12.2 Å². The molecule has 4 heterocycles. The van der Waals surface area contributed by atoms with Gasteiger partial charge in [0.2, 0.25) is 0 Å². The third kappa shape index (κ3) is 3.67. The lowest BCUT2D eigenvalue weighted by Crippen LogP contribution is -2.24. The van der Waals surface area contributed by atoms with Gasteiger partial charge in [-0.3, -0.25) is 9.36 Å². The predicted octanol–water partition coefficient (Wildman–Crippen LogP) is 4.04. The number of hydrogen-bond donors (Lipinski definition) is 0. The second kappa shape index (κ2) is 8.11. The highest BCUT2D eigenvalue weighted by molar-refractivity contribution is 7.20. The summed E-state index contributed by atoms with van der Waals surface area (Å²) in [4.78, 5) is 31.7. The fourth-order valence-corrected chi connectivity index (χ4v) is 5.07. The maximum Gasteiger partial charge on any atom is 0.349 e.